The van der Waals surface area contributed by atoms with Gasteiger partial charge in [-0.25, -0.2) is 14.2 Å². The lowest BCUT2D eigenvalue weighted by Crippen LogP contribution is -2.16. The fourth-order valence-electron chi connectivity index (χ4n) is 2.38. The summed E-state index contributed by atoms with van der Waals surface area (Å²) < 4.78 is 13.4. The van der Waals surface area contributed by atoms with Crippen molar-refractivity contribution in [2.45, 2.75) is 6.42 Å². The number of carboxylic acids is 1. The molecule has 0 bridgehead atoms. The predicted octanol–water partition coefficient (Wildman–Crippen LogP) is 2.20. The Bertz CT molecular complexity index is 703. The van der Waals surface area contributed by atoms with E-state index in [-0.39, 0.29) is 17.1 Å². The van der Waals surface area contributed by atoms with Crippen LogP contribution in [-0.4, -0.2) is 22.6 Å². The van der Waals surface area contributed by atoms with Crippen molar-refractivity contribution in [3.8, 4) is 0 Å². The molecule has 6 heteroatoms. The van der Waals surface area contributed by atoms with Gasteiger partial charge in [0.05, 0.1) is 17.4 Å². The van der Waals surface area contributed by atoms with Gasteiger partial charge in [0.2, 0.25) is 0 Å². The minimum Gasteiger partial charge on any atom is -0.478 e. The topological polar surface area (TPSA) is 79.5 Å². The number of aromatic carboxylic acids is 1. The summed E-state index contributed by atoms with van der Waals surface area (Å²) in [5.74, 6) is -0.977. The molecule has 2 aromatic rings. The molecule has 0 aliphatic carbocycles. The van der Waals surface area contributed by atoms with E-state index in [2.05, 4.69) is 4.98 Å². The van der Waals surface area contributed by atoms with E-state index >= 15 is 0 Å². The van der Waals surface area contributed by atoms with Gasteiger partial charge in [0, 0.05) is 12.2 Å². The summed E-state index contributed by atoms with van der Waals surface area (Å²) in [5.41, 5.74) is 7.43. The normalized spacial score (nSPS) is 13.3. The third-order valence-corrected chi connectivity index (χ3v) is 3.37. The van der Waals surface area contributed by atoms with Crippen LogP contribution in [0.1, 0.15) is 15.9 Å². The van der Waals surface area contributed by atoms with Crippen molar-refractivity contribution in [1.29, 1.82) is 0 Å². The Morgan fingerprint density at radius 2 is 2.20 bits per heavy atom. The molecule has 1 aliphatic rings. The number of carboxylic acid groups (broad SMARTS) is 1. The van der Waals surface area contributed by atoms with Crippen molar-refractivity contribution < 1.29 is 14.3 Å². The van der Waals surface area contributed by atoms with E-state index in [1.54, 1.807) is 11.0 Å². The Balaban J connectivity index is 2.06. The maximum atomic E-state index is 13.4. The minimum absolute atomic E-state index is 0.000136. The second-order valence-electron chi connectivity index (χ2n) is 4.61. The molecule has 0 saturated carbocycles. The molecule has 0 saturated heterocycles. The van der Waals surface area contributed by atoms with Crippen LogP contribution in [0.4, 0.5) is 21.6 Å². The van der Waals surface area contributed by atoms with Gasteiger partial charge < -0.3 is 15.7 Å². The van der Waals surface area contributed by atoms with Gasteiger partial charge in [-0.05, 0) is 30.2 Å². The Labute approximate surface area is 114 Å². The van der Waals surface area contributed by atoms with Crippen LogP contribution in [-0.2, 0) is 6.42 Å². The number of pyridine rings is 1. The lowest BCUT2D eigenvalue weighted by Gasteiger charge is -2.19. The van der Waals surface area contributed by atoms with Crippen molar-refractivity contribution in [1.82, 2.24) is 4.98 Å². The molecule has 1 aromatic heterocycles. The quantitative estimate of drug-likeness (QED) is 0.876. The highest BCUT2D eigenvalue weighted by Gasteiger charge is 2.23. The van der Waals surface area contributed by atoms with Crippen LogP contribution in [0.3, 0.4) is 0 Å². The molecule has 0 spiro atoms. The number of nitrogens with two attached hydrogens (primary N) is 1. The smallest absolute Gasteiger partial charge is 0.337 e. The Morgan fingerprint density at radius 1 is 1.40 bits per heavy atom. The van der Waals surface area contributed by atoms with E-state index in [1.807, 2.05) is 0 Å². The summed E-state index contributed by atoms with van der Waals surface area (Å²) in [4.78, 5) is 17.0. The first-order valence-corrected chi connectivity index (χ1v) is 6.11. The number of aromatic nitrogens is 1. The van der Waals surface area contributed by atoms with Crippen LogP contribution in [0.5, 0.6) is 0 Å². The zero-order chi connectivity index (χ0) is 14.3. The summed E-state index contributed by atoms with van der Waals surface area (Å²) in [6, 6.07) is 6.00. The van der Waals surface area contributed by atoms with Gasteiger partial charge in [0.25, 0.3) is 0 Å². The molecule has 0 amide bonds. The first-order valence-electron chi connectivity index (χ1n) is 6.11. The highest BCUT2D eigenvalue weighted by atomic mass is 19.1. The number of hydrogen-bond donors (Lipinski definition) is 2. The minimum atomic E-state index is -1.11. The van der Waals surface area contributed by atoms with E-state index in [0.29, 0.717) is 12.4 Å². The number of rotatable bonds is 2. The monoisotopic (exact) mass is 273 g/mol. The van der Waals surface area contributed by atoms with Gasteiger partial charge in [-0.2, -0.15) is 0 Å². The summed E-state index contributed by atoms with van der Waals surface area (Å²) in [6.45, 7) is 0.634. The fraction of sp³-hybridized carbons (Fsp3) is 0.143. The van der Waals surface area contributed by atoms with Crippen molar-refractivity contribution in [2.24, 2.45) is 0 Å². The van der Waals surface area contributed by atoms with Gasteiger partial charge in [-0.3, -0.25) is 0 Å². The fourth-order valence-corrected chi connectivity index (χ4v) is 2.38. The highest BCUT2D eigenvalue weighted by Crippen LogP contribution is 2.34. The molecule has 0 unspecified atom stereocenters. The van der Waals surface area contributed by atoms with Crippen LogP contribution < -0.4 is 10.6 Å². The number of halogens is 1. The molecule has 1 aromatic carbocycles. The Hall–Kier alpha value is -2.63. The van der Waals surface area contributed by atoms with Crippen molar-refractivity contribution in [3.63, 3.8) is 0 Å². The number of nitrogen functional groups attached to an aromatic ring is 1. The van der Waals surface area contributed by atoms with Crippen LogP contribution in [0.25, 0.3) is 0 Å². The van der Waals surface area contributed by atoms with Crippen LogP contribution in [0, 0.1) is 5.82 Å². The van der Waals surface area contributed by atoms with Crippen molar-refractivity contribution >= 4 is 23.2 Å². The number of nitrogens with zero attached hydrogens (tertiary/aromatic N) is 2. The molecule has 3 N–H and O–H groups in total. The highest BCUT2D eigenvalue weighted by molar-refractivity contribution is 5.94. The molecular formula is C14H12FN3O2. The van der Waals surface area contributed by atoms with E-state index in [0.717, 1.165) is 17.7 Å². The molecule has 0 radical (unpaired) electrons. The molecule has 5 nitrogen and oxygen atoms in total. The summed E-state index contributed by atoms with van der Waals surface area (Å²) in [7, 11) is 0. The Kier molecular flexibility index (Phi) is 2.78. The van der Waals surface area contributed by atoms with E-state index in [4.69, 9.17) is 10.8 Å². The maximum absolute atomic E-state index is 13.4. The zero-order valence-electron chi connectivity index (χ0n) is 10.5. The maximum Gasteiger partial charge on any atom is 0.337 e. The standard InChI is InChI=1S/C14H12FN3O2/c15-9-2-1-8-3-4-18(12(8)5-9)13-6-10(14(19)20)11(16)7-17-13/h1-2,5-7H,3-4,16H2,(H,19,20). The van der Waals surface area contributed by atoms with Gasteiger partial charge in [-0.1, -0.05) is 6.07 Å². The predicted molar refractivity (Wildman–Crippen MR) is 72.7 cm³/mol. The third-order valence-electron chi connectivity index (χ3n) is 3.37. The second-order valence-corrected chi connectivity index (χ2v) is 4.61. The lowest BCUT2D eigenvalue weighted by molar-refractivity contribution is 0.0698. The number of benzene rings is 1. The number of fused-ring (bicyclic) bond motifs is 1. The molecule has 1 aliphatic heterocycles. The first kappa shape index (κ1) is 12.4. The molecule has 0 atom stereocenters. The molecule has 0 fully saturated rings. The number of anilines is 3. The molecule has 102 valence electrons. The van der Waals surface area contributed by atoms with E-state index in [1.165, 1.54) is 24.4 Å². The molecule has 2 heterocycles. The van der Waals surface area contributed by atoms with Gasteiger partial charge in [-0.15, -0.1) is 0 Å². The molecule has 20 heavy (non-hydrogen) atoms. The average Bonchev–Trinajstić information content (AvgIpc) is 2.82. The van der Waals surface area contributed by atoms with Gasteiger partial charge >= 0.3 is 5.97 Å². The summed E-state index contributed by atoms with van der Waals surface area (Å²) >= 11 is 0. The molecule has 3 rings (SSSR count). The zero-order valence-corrected chi connectivity index (χ0v) is 10.5. The van der Waals surface area contributed by atoms with Crippen LogP contribution >= 0.6 is 0 Å². The van der Waals surface area contributed by atoms with Crippen LogP contribution in [0.15, 0.2) is 30.5 Å². The second kappa shape index (κ2) is 4.48. The summed E-state index contributed by atoms with van der Waals surface area (Å²) in [6.07, 6.45) is 2.08. The number of hydrogen-bond acceptors (Lipinski definition) is 4. The SMILES string of the molecule is Nc1cnc(N2CCc3ccc(F)cc32)cc1C(=O)O. The van der Waals surface area contributed by atoms with E-state index < -0.39 is 5.97 Å². The summed E-state index contributed by atoms with van der Waals surface area (Å²) in [5, 5.41) is 9.09. The van der Waals surface area contributed by atoms with E-state index in [9.17, 15) is 9.18 Å². The first-order chi connectivity index (χ1) is 9.56. The van der Waals surface area contributed by atoms with Crippen molar-refractivity contribution in [2.75, 3.05) is 17.2 Å². The van der Waals surface area contributed by atoms with Gasteiger partial charge in [0.1, 0.15) is 11.6 Å². The lowest BCUT2D eigenvalue weighted by atomic mass is 10.1. The largest absolute Gasteiger partial charge is 0.478 e. The number of carbonyl (C=O) groups is 1. The Morgan fingerprint density at radius 3 is 2.95 bits per heavy atom. The third kappa shape index (κ3) is 1.95. The van der Waals surface area contributed by atoms with Gasteiger partial charge in [0.15, 0.2) is 0 Å². The van der Waals surface area contributed by atoms with Crippen molar-refractivity contribution in [3.05, 3.63) is 47.4 Å². The molecular weight excluding hydrogens is 261 g/mol. The average molecular weight is 273 g/mol. The van der Waals surface area contributed by atoms with Crippen LogP contribution in [0.2, 0.25) is 0 Å².